The zero-order valence-electron chi connectivity index (χ0n) is 12.7. The molecule has 116 valence electrons. The fraction of sp³-hybridized carbons (Fsp3) is 0.562. The Bertz CT molecular complexity index is 439. The summed E-state index contributed by atoms with van der Waals surface area (Å²) in [5.41, 5.74) is 7.85. The molecule has 1 aliphatic heterocycles. The van der Waals surface area contributed by atoms with Crippen LogP contribution in [0, 0.1) is 5.92 Å². The van der Waals surface area contributed by atoms with Gasteiger partial charge in [0, 0.05) is 44.9 Å². The number of rotatable bonds is 7. The van der Waals surface area contributed by atoms with E-state index in [1.807, 2.05) is 0 Å². The molecule has 1 aromatic carbocycles. The van der Waals surface area contributed by atoms with Gasteiger partial charge in [0.1, 0.15) is 0 Å². The van der Waals surface area contributed by atoms with E-state index in [1.165, 1.54) is 11.3 Å². The van der Waals surface area contributed by atoms with E-state index < -0.39 is 0 Å². The maximum atomic E-state index is 11.2. The van der Waals surface area contributed by atoms with Gasteiger partial charge >= 0.3 is 0 Å². The predicted octanol–water partition coefficient (Wildman–Crippen LogP) is 1.12. The van der Waals surface area contributed by atoms with Gasteiger partial charge in [-0.05, 0) is 30.5 Å². The third-order valence-electron chi connectivity index (χ3n) is 4.01. The molecule has 5 heteroatoms. The quantitative estimate of drug-likeness (QED) is 0.739. The Morgan fingerprint density at radius 1 is 1.33 bits per heavy atom. The summed E-state index contributed by atoms with van der Waals surface area (Å²) in [6, 6.07) is 8.60. The fourth-order valence-corrected chi connectivity index (χ4v) is 2.65. The van der Waals surface area contributed by atoms with Crippen molar-refractivity contribution in [2.75, 3.05) is 38.3 Å². The molecule has 5 nitrogen and oxygen atoms in total. The average Bonchev–Trinajstić information content (AvgIpc) is 2.52. The standard InChI is InChI=1S/C16H25N3O2/c1-21-11-8-18-12-13-2-4-15(5-3-13)19-9-6-14(7-10-19)16(17)20/h2-5,14,18H,6-12H2,1H3,(H2,17,20). The first-order valence-corrected chi connectivity index (χ1v) is 7.53. The lowest BCUT2D eigenvalue weighted by Gasteiger charge is -2.32. The summed E-state index contributed by atoms with van der Waals surface area (Å²) in [6.45, 7) is 4.25. The van der Waals surface area contributed by atoms with E-state index in [0.29, 0.717) is 0 Å². The first kappa shape index (κ1) is 15.8. The van der Waals surface area contributed by atoms with Crippen molar-refractivity contribution in [1.29, 1.82) is 0 Å². The molecule has 3 N–H and O–H groups in total. The second-order valence-corrected chi connectivity index (χ2v) is 5.50. The van der Waals surface area contributed by atoms with Crippen molar-refractivity contribution < 1.29 is 9.53 Å². The molecule has 2 rings (SSSR count). The molecule has 0 radical (unpaired) electrons. The van der Waals surface area contributed by atoms with E-state index in [9.17, 15) is 4.79 Å². The minimum atomic E-state index is -0.160. The SMILES string of the molecule is COCCNCc1ccc(N2CCC(C(N)=O)CC2)cc1. The molecule has 1 aliphatic rings. The Labute approximate surface area is 126 Å². The lowest BCUT2D eigenvalue weighted by Crippen LogP contribution is -2.38. The van der Waals surface area contributed by atoms with Crippen molar-refractivity contribution in [2.24, 2.45) is 11.7 Å². The summed E-state index contributed by atoms with van der Waals surface area (Å²) in [7, 11) is 1.71. The average molecular weight is 291 g/mol. The molecule has 1 heterocycles. The number of primary amides is 1. The van der Waals surface area contributed by atoms with E-state index in [-0.39, 0.29) is 11.8 Å². The van der Waals surface area contributed by atoms with Crippen molar-refractivity contribution in [3.63, 3.8) is 0 Å². The number of nitrogens with one attached hydrogen (secondary N) is 1. The highest BCUT2D eigenvalue weighted by atomic mass is 16.5. The maximum Gasteiger partial charge on any atom is 0.220 e. The number of carbonyl (C=O) groups excluding carboxylic acids is 1. The van der Waals surface area contributed by atoms with Crippen LogP contribution in [0.2, 0.25) is 0 Å². The summed E-state index contributed by atoms with van der Waals surface area (Å²) >= 11 is 0. The van der Waals surface area contributed by atoms with Crippen LogP contribution in [0.15, 0.2) is 24.3 Å². The number of nitrogens with two attached hydrogens (primary N) is 1. The van der Waals surface area contributed by atoms with E-state index in [4.69, 9.17) is 10.5 Å². The molecule has 0 aromatic heterocycles. The van der Waals surface area contributed by atoms with Crippen LogP contribution in [0.4, 0.5) is 5.69 Å². The van der Waals surface area contributed by atoms with Gasteiger partial charge in [-0.15, -0.1) is 0 Å². The third kappa shape index (κ3) is 4.72. The molecule has 0 unspecified atom stereocenters. The van der Waals surface area contributed by atoms with Crippen LogP contribution in [-0.2, 0) is 16.1 Å². The Balaban J connectivity index is 1.81. The van der Waals surface area contributed by atoms with Crippen LogP contribution in [0.1, 0.15) is 18.4 Å². The van der Waals surface area contributed by atoms with Gasteiger partial charge in [-0.25, -0.2) is 0 Å². The molecule has 1 amide bonds. The third-order valence-corrected chi connectivity index (χ3v) is 4.01. The topological polar surface area (TPSA) is 67.6 Å². The summed E-state index contributed by atoms with van der Waals surface area (Å²) in [4.78, 5) is 13.5. The molecule has 0 bridgehead atoms. The van der Waals surface area contributed by atoms with E-state index in [1.54, 1.807) is 7.11 Å². The number of carbonyl (C=O) groups is 1. The van der Waals surface area contributed by atoms with Crippen LogP contribution < -0.4 is 16.0 Å². The number of amides is 1. The van der Waals surface area contributed by atoms with Gasteiger partial charge in [0.25, 0.3) is 0 Å². The summed E-state index contributed by atoms with van der Waals surface area (Å²) in [6.07, 6.45) is 1.71. The van der Waals surface area contributed by atoms with Crippen molar-refractivity contribution in [1.82, 2.24) is 5.32 Å². The first-order chi connectivity index (χ1) is 10.2. The molecule has 0 atom stereocenters. The molecule has 0 aliphatic carbocycles. The number of ether oxygens (including phenoxy) is 1. The van der Waals surface area contributed by atoms with Crippen LogP contribution in [0.3, 0.4) is 0 Å². The molecule has 1 fully saturated rings. The van der Waals surface area contributed by atoms with Crippen LogP contribution in [0.5, 0.6) is 0 Å². The molecule has 21 heavy (non-hydrogen) atoms. The number of methoxy groups -OCH3 is 1. The molecule has 0 spiro atoms. The Morgan fingerprint density at radius 3 is 2.57 bits per heavy atom. The normalized spacial score (nSPS) is 16.1. The largest absolute Gasteiger partial charge is 0.383 e. The van der Waals surface area contributed by atoms with Gasteiger partial charge < -0.3 is 20.7 Å². The Kier molecular flexibility index (Phi) is 6.02. The van der Waals surface area contributed by atoms with Crippen LogP contribution in [0.25, 0.3) is 0 Å². The number of benzene rings is 1. The Morgan fingerprint density at radius 2 is 2.00 bits per heavy atom. The van der Waals surface area contributed by atoms with Gasteiger partial charge in [0.2, 0.25) is 5.91 Å². The molecule has 1 aromatic rings. The maximum absolute atomic E-state index is 11.2. The van der Waals surface area contributed by atoms with E-state index in [2.05, 4.69) is 34.5 Å². The Hall–Kier alpha value is -1.59. The molecular weight excluding hydrogens is 266 g/mol. The van der Waals surface area contributed by atoms with Crippen molar-refractivity contribution >= 4 is 11.6 Å². The number of hydrogen-bond acceptors (Lipinski definition) is 4. The fourth-order valence-electron chi connectivity index (χ4n) is 2.65. The molecule has 1 saturated heterocycles. The smallest absolute Gasteiger partial charge is 0.220 e. The highest BCUT2D eigenvalue weighted by Gasteiger charge is 2.22. The lowest BCUT2D eigenvalue weighted by atomic mass is 9.96. The number of hydrogen-bond donors (Lipinski definition) is 2. The van der Waals surface area contributed by atoms with Crippen molar-refractivity contribution in [3.05, 3.63) is 29.8 Å². The van der Waals surface area contributed by atoms with Gasteiger partial charge in [-0.2, -0.15) is 0 Å². The second-order valence-electron chi connectivity index (χ2n) is 5.50. The van der Waals surface area contributed by atoms with Gasteiger partial charge in [-0.1, -0.05) is 12.1 Å². The van der Waals surface area contributed by atoms with Gasteiger partial charge in [0.15, 0.2) is 0 Å². The van der Waals surface area contributed by atoms with Crippen LogP contribution in [-0.4, -0.2) is 39.3 Å². The highest BCUT2D eigenvalue weighted by Crippen LogP contribution is 2.23. The number of nitrogens with zero attached hydrogens (tertiary/aromatic N) is 1. The predicted molar refractivity (Wildman–Crippen MR) is 84.2 cm³/mol. The first-order valence-electron chi connectivity index (χ1n) is 7.53. The number of piperidine rings is 1. The van der Waals surface area contributed by atoms with Crippen molar-refractivity contribution in [2.45, 2.75) is 19.4 Å². The summed E-state index contributed by atoms with van der Waals surface area (Å²) < 4.78 is 5.00. The second kappa shape index (κ2) is 8.00. The van der Waals surface area contributed by atoms with Gasteiger partial charge in [0.05, 0.1) is 6.61 Å². The summed E-state index contributed by atoms with van der Waals surface area (Å²) in [5, 5.41) is 3.33. The lowest BCUT2D eigenvalue weighted by molar-refractivity contribution is -0.122. The van der Waals surface area contributed by atoms with E-state index in [0.717, 1.165) is 45.6 Å². The molecular formula is C16H25N3O2. The summed E-state index contributed by atoms with van der Waals surface area (Å²) in [5.74, 6) is -0.113. The highest BCUT2D eigenvalue weighted by molar-refractivity contribution is 5.77. The van der Waals surface area contributed by atoms with Crippen molar-refractivity contribution in [3.8, 4) is 0 Å². The van der Waals surface area contributed by atoms with E-state index >= 15 is 0 Å². The minimum Gasteiger partial charge on any atom is -0.383 e. The zero-order chi connectivity index (χ0) is 15.1. The zero-order valence-corrected chi connectivity index (χ0v) is 12.7. The minimum absolute atomic E-state index is 0.0468. The van der Waals surface area contributed by atoms with Gasteiger partial charge in [-0.3, -0.25) is 4.79 Å². The molecule has 0 saturated carbocycles. The number of anilines is 1. The van der Waals surface area contributed by atoms with Crippen LogP contribution >= 0.6 is 0 Å². The monoisotopic (exact) mass is 291 g/mol.